The third-order valence-electron chi connectivity index (χ3n) is 2.13. The summed E-state index contributed by atoms with van der Waals surface area (Å²) in [5.41, 5.74) is 0. The van der Waals surface area contributed by atoms with E-state index in [-0.39, 0.29) is 30.1 Å². The van der Waals surface area contributed by atoms with Crippen molar-refractivity contribution in [2.24, 2.45) is 11.8 Å². The highest BCUT2D eigenvalue weighted by Gasteiger charge is 2.40. The van der Waals surface area contributed by atoms with E-state index in [0.717, 1.165) is 5.06 Å². The van der Waals surface area contributed by atoms with Gasteiger partial charge in [0.1, 0.15) is 0 Å². The Morgan fingerprint density at radius 3 is 2.33 bits per heavy atom. The van der Waals surface area contributed by atoms with Crippen LogP contribution >= 0.6 is 0 Å². The van der Waals surface area contributed by atoms with Crippen LogP contribution in [0.3, 0.4) is 0 Å². The van der Waals surface area contributed by atoms with Gasteiger partial charge < -0.3 is 0 Å². The fourth-order valence-corrected chi connectivity index (χ4v) is 1.34. The molecule has 1 heterocycles. The van der Waals surface area contributed by atoms with Crippen LogP contribution in [-0.4, -0.2) is 24.0 Å². The Balaban J connectivity index is 2.75. The first kappa shape index (κ1) is 9.19. The first-order chi connectivity index (χ1) is 5.57. The zero-order valence-electron chi connectivity index (χ0n) is 7.53. The Morgan fingerprint density at radius 1 is 1.50 bits per heavy atom. The molecule has 68 valence electrons. The summed E-state index contributed by atoms with van der Waals surface area (Å²) in [6.07, 6.45) is 0.282. The first-order valence-electron chi connectivity index (χ1n) is 3.98. The Labute approximate surface area is 71.4 Å². The standard InChI is InChI=1S/C8H13NO3/c1-5(2)6-4-7(10)9(12-3)8(6)11/h5-6H,4H2,1-3H3. The number of carbonyl (C=O) groups is 2. The number of hydrogen-bond donors (Lipinski definition) is 0. The third-order valence-corrected chi connectivity index (χ3v) is 2.13. The molecule has 0 N–H and O–H groups in total. The van der Waals surface area contributed by atoms with Crippen LogP contribution in [-0.2, 0) is 14.4 Å². The van der Waals surface area contributed by atoms with E-state index < -0.39 is 0 Å². The molecule has 1 saturated heterocycles. The Morgan fingerprint density at radius 2 is 2.08 bits per heavy atom. The molecule has 0 bridgehead atoms. The Bertz CT molecular complexity index is 212. The highest BCUT2D eigenvalue weighted by molar-refractivity contribution is 6.02. The average molecular weight is 171 g/mol. The summed E-state index contributed by atoms with van der Waals surface area (Å²) in [7, 11) is 1.33. The second-order valence-corrected chi connectivity index (χ2v) is 3.26. The van der Waals surface area contributed by atoms with Crippen LogP contribution < -0.4 is 0 Å². The average Bonchev–Trinajstić information content (AvgIpc) is 2.27. The Kier molecular flexibility index (Phi) is 2.47. The van der Waals surface area contributed by atoms with Crippen molar-refractivity contribution in [3.63, 3.8) is 0 Å². The zero-order chi connectivity index (χ0) is 9.30. The van der Waals surface area contributed by atoms with Crippen LogP contribution in [0.5, 0.6) is 0 Å². The molecule has 0 aromatic rings. The summed E-state index contributed by atoms with van der Waals surface area (Å²) in [5, 5.41) is 0.852. The number of hydrogen-bond acceptors (Lipinski definition) is 3. The topological polar surface area (TPSA) is 46.6 Å². The minimum atomic E-state index is -0.235. The van der Waals surface area contributed by atoms with Crippen LogP contribution in [0, 0.1) is 11.8 Å². The van der Waals surface area contributed by atoms with Crippen molar-refractivity contribution in [3.8, 4) is 0 Å². The van der Waals surface area contributed by atoms with Crippen LogP contribution in [0.4, 0.5) is 0 Å². The molecule has 2 amide bonds. The first-order valence-corrected chi connectivity index (χ1v) is 3.98. The maximum atomic E-state index is 11.4. The second-order valence-electron chi connectivity index (χ2n) is 3.26. The van der Waals surface area contributed by atoms with Gasteiger partial charge in [-0.15, -0.1) is 0 Å². The molecule has 0 aromatic heterocycles. The van der Waals surface area contributed by atoms with E-state index in [1.54, 1.807) is 0 Å². The minimum absolute atomic E-state index is 0.196. The van der Waals surface area contributed by atoms with Gasteiger partial charge in [0.05, 0.1) is 13.0 Å². The summed E-state index contributed by atoms with van der Waals surface area (Å²) < 4.78 is 0. The molecule has 1 aliphatic rings. The summed E-state index contributed by atoms with van der Waals surface area (Å²) in [6.45, 7) is 3.85. The molecule has 1 aliphatic heterocycles. The summed E-state index contributed by atoms with van der Waals surface area (Å²) in [6, 6.07) is 0. The molecule has 0 aromatic carbocycles. The summed E-state index contributed by atoms with van der Waals surface area (Å²) >= 11 is 0. The molecule has 1 unspecified atom stereocenters. The van der Waals surface area contributed by atoms with Gasteiger partial charge in [0, 0.05) is 6.42 Å². The smallest absolute Gasteiger partial charge is 0.257 e. The molecule has 1 atom stereocenters. The molecule has 12 heavy (non-hydrogen) atoms. The fourth-order valence-electron chi connectivity index (χ4n) is 1.34. The second kappa shape index (κ2) is 3.23. The van der Waals surface area contributed by atoms with Gasteiger partial charge in [-0.3, -0.25) is 14.4 Å². The van der Waals surface area contributed by atoms with Gasteiger partial charge in [0.2, 0.25) is 0 Å². The molecule has 0 radical (unpaired) electrons. The third kappa shape index (κ3) is 1.34. The maximum Gasteiger partial charge on any atom is 0.257 e. The largest absolute Gasteiger partial charge is 0.272 e. The molecular weight excluding hydrogens is 158 g/mol. The molecule has 1 fully saturated rings. The predicted molar refractivity (Wildman–Crippen MR) is 41.8 cm³/mol. The summed E-state index contributed by atoms with van der Waals surface area (Å²) in [5.74, 6) is -0.447. The van der Waals surface area contributed by atoms with Crippen molar-refractivity contribution in [1.29, 1.82) is 0 Å². The molecular formula is C8H13NO3. The van der Waals surface area contributed by atoms with E-state index in [9.17, 15) is 9.59 Å². The number of imide groups is 1. The van der Waals surface area contributed by atoms with Crippen molar-refractivity contribution in [2.75, 3.05) is 7.11 Å². The lowest BCUT2D eigenvalue weighted by molar-refractivity contribution is -0.180. The van der Waals surface area contributed by atoms with E-state index in [2.05, 4.69) is 4.84 Å². The van der Waals surface area contributed by atoms with Gasteiger partial charge in [-0.05, 0) is 5.92 Å². The van der Waals surface area contributed by atoms with Crippen LogP contribution in [0.25, 0.3) is 0 Å². The predicted octanol–water partition coefficient (Wildman–Crippen LogP) is 0.579. The molecule has 4 heteroatoms. The number of rotatable bonds is 2. The lowest BCUT2D eigenvalue weighted by Crippen LogP contribution is -2.30. The summed E-state index contributed by atoms with van der Waals surface area (Å²) in [4.78, 5) is 27.1. The van der Waals surface area contributed by atoms with Crippen molar-refractivity contribution in [2.45, 2.75) is 20.3 Å². The van der Waals surface area contributed by atoms with Crippen molar-refractivity contribution >= 4 is 11.8 Å². The molecule has 4 nitrogen and oxygen atoms in total. The van der Waals surface area contributed by atoms with Gasteiger partial charge in [-0.1, -0.05) is 13.8 Å². The number of amides is 2. The van der Waals surface area contributed by atoms with Gasteiger partial charge in [-0.2, -0.15) is 5.06 Å². The lowest BCUT2D eigenvalue weighted by Gasteiger charge is -2.12. The Hall–Kier alpha value is -0.900. The number of carbonyl (C=O) groups excluding carboxylic acids is 2. The molecule has 0 saturated carbocycles. The highest BCUT2D eigenvalue weighted by atomic mass is 16.7. The number of nitrogens with zero attached hydrogens (tertiary/aromatic N) is 1. The normalized spacial score (nSPS) is 24.3. The van der Waals surface area contributed by atoms with Crippen molar-refractivity contribution in [3.05, 3.63) is 0 Å². The fraction of sp³-hybridized carbons (Fsp3) is 0.750. The van der Waals surface area contributed by atoms with Gasteiger partial charge in [-0.25, -0.2) is 0 Å². The van der Waals surface area contributed by atoms with E-state index >= 15 is 0 Å². The quantitative estimate of drug-likeness (QED) is 0.571. The van der Waals surface area contributed by atoms with Crippen LogP contribution in [0.2, 0.25) is 0 Å². The SMILES string of the molecule is CON1C(=O)CC(C(C)C)C1=O. The minimum Gasteiger partial charge on any atom is -0.272 e. The van der Waals surface area contributed by atoms with Gasteiger partial charge in [0.15, 0.2) is 0 Å². The van der Waals surface area contributed by atoms with Crippen LogP contribution in [0.1, 0.15) is 20.3 Å². The van der Waals surface area contributed by atoms with E-state index in [0.29, 0.717) is 0 Å². The highest BCUT2D eigenvalue weighted by Crippen LogP contribution is 2.25. The van der Waals surface area contributed by atoms with E-state index in [1.165, 1.54) is 7.11 Å². The van der Waals surface area contributed by atoms with Gasteiger partial charge >= 0.3 is 0 Å². The maximum absolute atomic E-state index is 11.4. The molecule has 0 aliphatic carbocycles. The molecule has 1 rings (SSSR count). The lowest BCUT2D eigenvalue weighted by atomic mass is 9.95. The van der Waals surface area contributed by atoms with Crippen LogP contribution in [0.15, 0.2) is 0 Å². The van der Waals surface area contributed by atoms with Crippen molar-refractivity contribution in [1.82, 2.24) is 5.06 Å². The molecule has 0 spiro atoms. The monoisotopic (exact) mass is 171 g/mol. The zero-order valence-corrected chi connectivity index (χ0v) is 7.53. The van der Waals surface area contributed by atoms with E-state index in [1.807, 2.05) is 13.8 Å². The number of hydroxylamine groups is 2. The van der Waals surface area contributed by atoms with Gasteiger partial charge in [0.25, 0.3) is 11.8 Å². The van der Waals surface area contributed by atoms with E-state index in [4.69, 9.17) is 0 Å². The van der Waals surface area contributed by atoms with Crippen molar-refractivity contribution < 1.29 is 14.4 Å².